The fourth-order valence-corrected chi connectivity index (χ4v) is 4.06. The molecule has 3 aromatic carbocycles. The van der Waals surface area contributed by atoms with E-state index in [0.29, 0.717) is 11.3 Å². The third-order valence-corrected chi connectivity index (χ3v) is 5.71. The Balaban J connectivity index is 1.18. The Hall–Kier alpha value is -4.72. The lowest BCUT2D eigenvalue weighted by molar-refractivity contribution is -0.123. The van der Waals surface area contributed by atoms with Gasteiger partial charge in [0.05, 0.1) is 19.5 Å². The van der Waals surface area contributed by atoms with Crippen molar-refractivity contribution in [2.75, 3.05) is 11.9 Å². The van der Waals surface area contributed by atoms with Crippen LogP contribution in [-0.4, -0.2) is 32.5 Å². The van der Waals surface area contributed by atoms with Crippen molar-refractivity contribution >= 4 is 33.9 Å². The molecule has 0 saturated carbocycles. The topological polar surface area (TPSA) is 97.5 Å². The van der Waals surface area contributed by atoms with Crippen molar-refractivity contribution in [2.45, 2.75) is 13.0 Å². The van der Waals surface area contributed by atoms with Gasteiger partial charge in [-0.05, 0) is 46.2 Å². The highest BCUT2D eigenvalue weighted by Gasteiger charge is 2.10. The maximum absolute atomic E-state index is 12.5. The van der Waals surface area contributed by atoms with E-state index in [-0.39, 0.29) is 37.0 Å². The third-order valence-electron chi connectivity index (χ3n) is 5.71. The van der Waals surface area contributed by atoms with Gasteiger partial charge < -0.3 is 10.6 Å². The average Bonchev–Trinajstić information content (AvgIpc) is 3.18. The van der Waals surface area contributed by atoms with E-state index in [1.54, 1.807) is 36.5 Å². The van der Waals surface area contributed by atoms with Crippen LogP contribution in [-0.2, 0) is 22.6 Å². The highest BCUT2D eigenvalue weighted by Crippen LogP contribution is 2.18. The van der Waals surface area contributed by atoms with Gasteiger partial charge in [-0.15, -0.1) is 5.10 Å². The summed E-state index contributed by atoms with van der Waals surface area (Å²) in [4.78, 5) is 37.4. The zero-order valence-electron chi connectivity index (χ0n) is 18.8. The van der Waals surface area contributed by atoms with Gasteiger partial charge in [-0.1, -0.05) is 60.7 Å². The van der Waals surface area contributed by atoms with Gasteiger partial charge in [-0.25, -0.2) is 9.48 Å². The summed E-state index contributed by atoms with van der Waals surface area (Å²) in [6, 6.07) is 26.3. The summed E-state index contributed by atoms with van der Waals surface area (Å²) in [5.74, 6) is -0.560. The first kappa shape index (κ1) is 22.1. The number of aromatic nitrogens is 3. The maximum atomic E-state index is 12.5. The van der Waals surface area contributed by atoms with Gasteiger partial charge in [0.25, 0.3) is 0 Å². The van der Waals surface area contributed by atoms with Crippen LogP contribution in [0.15, 0.2) is 95.9 Å². The normalized spacial score (nSPS) is 11.0. The van der Waals surface area contributed by atoms with Crippen LogP contribution >= 0.6 is 0 Å². The largest absolute Gasteiger partial charge is 0.350 e. The van der Waals surface area contributed by atoms with Crippen LogP contribution in [0.1, 0.15) is 11.1 Å². The van der Waals surface area contributed by atoms with Crippen LogP contribution in [0.25, 0.3) is 16.4 Å². The Kier molecular flexibility index (Phi) is 6.09. The molecule has 174 valence electrons. The summed E-state index contributed by atoms with van der Waals surface area (Å²) in [5.41, 5.74) is 2.64. The highest BCUT2D eigenvalue weighted by molar-refractivity contribution is 5.95. The number of fused-ring (bicyclic) bond motifs is 2. The molecule has 0 saturated heterocycles. The van der Waals surface area contributed by atoms with E-state index in [0.717, 1.165) is 21.9 Å². The lowest BCUT2D eigenvalue weighted by Crippen LogP contribution is -2.33. The Morgan fingerprint density at radius 1 is 0.857 bits per heavy atom. The van der Waals surface area contributed by atoms with Gasteiger partial charge in [0.15, 0.2) is 5.65 Å². The molecule has 0 aliphatic heterocycles. The SMILES string of the molecule is O=C(Cc1cccc2ccccc12)NCC(=O)Nc1cccc(Cn2nc3ccccn3c2=O)c1. The second-order valence-corrected chi connectivity index (χ2v) is 8.21. The molecule has 2 N–H and O–H groups in total. The van der Waals surface area contributed by atoms with Crippen LogP contribution < -0.4 is 16.3 Å². The molecule has 8 heteroatoms. The number of hydrogen-bond donors (Lipinski definition) is 2. The zero-order valence-corrected chi connectivity index (χ0v) is 18.8. The maximum Gasteiger partial charge on any atom is 0.350 e. The van der Waals surface area contributed by atoms with E-state index in [1.807, 2.05) is 54.6 Å². The quantitative estimate of drug-likeness (QED) is 0.386. The predicted octanol–water partition coefficient (Wildman–Crippen LogP) is 2.99. The number of carbonyl (C=O) groups excluding carboxylic acids is 2. The number of amides is 2. The van der Waals surface area contributed by atoms with Crippen molar-refractivity contribution in [1.82, 2.24) is 19.5 Å². The summed E-state index contributed by atoms with van der Waals surface area (Å²) in [7, 11) is 0. The van der Waals surface area contributed by atoms with E-state index >= 15 is 0 Å². The van der Waals surface area contributed by atoms with Crippen LogP contribution in [0.5, 0.6) is 0 Å². The molecular formula is C27H23N5O3. The average molecular weight is 466 g/mol. The molecule has 8 nitrogen and oxygen atoms in total. The monoisotopic (exact) mass is 465 g/mol. The number of nitrogens with one attached hydrogen (secondary N) is 2. The molecule has 5 aromatic rings. The van der Waals surface area contributed by atoms with E-state index in [1.165, 1.54) is 9.08 Å². The number of anilines is 1. The molecule has 35 heavy (non-hydrogen) atoms. The standard InChI is InChI=1S/C27H23N5O3/c33-25(16-21-10-6-9-20-8-1-2-12-23(20)21)28-17-26(34)29-22-11-5-7-19(15-22)18-32-27(35)31-14-4-3-13-24(31)30-32/h1-15H,16-18H2,(H,28,33)(H,29,34). The van der Waals surface area contributed by atoms with E-state index in [4.69, 9.17) is 0 Å². The van der Waals surface area contributed by atoms with Crippen LogP contribution in [0.3, 0.4) is 0 Å². The van der Waals surface area contributed by atoms with E-state index in [9.17, 15) is 14.4 Å². The summed E-state index contributed by atoms with van der Waals surface area (Å²) in [6.45, 7) is 0.131. The van der Waals surface area contributed by atoms with Crippen molar-refractivity contribution in [1.29, 1.82) is 0 Å². The number of rotatable bonds is 7. The number of carbonyl (C=O) groups is 2. The number of pyridine rings is 1. The molecule has 2 heterocycles. The van der Waals surface area contributed by atoms with Crippen LogP contribution in [0, 0.1) is 0 Å². The minimum absolute atomic E-state index is 0.139. The summed E-state index contributed by atoms with van der Waals surface area (Å²) in [5, 5.41) is 11.9. The molecule has 0 aliphatic carbocycles. The fraction of sp³-hybridized carbons (Fsp3) is 0.111. The lowest BCUT2D eigenvalue weighted by atomic mass is 10.0. The fourth-order valence-electron chi connectivity index (χ4n) is 4.06. The smallest absolute Gasteiger partial charge is 0.347 e. The molecule has 0 unspecified atom stereocenters. The predicted molar refractivity (Wildman–Crippen MR) is 134 cm³/mol. The Bertz CT molecular complexity index is 1600. The molecule has 0 bridgehead atoms. The molecule has 5 rings (SSSR count). The molecule has 0 spiro atoms. The molecule has 2 amide bonds. The van der Waals surface area contributed by atoms with Crippen molar-refractivity contribution < 1.29 is 9.59 Å². The van der Waals surface area contributed by atoms with Gasteiger partial charge in [-0.2, -0.15) is 0 Å². The Morgan fingerprint density at radius 3 is 2.54 bits per heavy atom. The van der Waals surface area contributed by atoms with Crippen molar-refractivity contribution in [3.8, 4) is 0 Å². The number of hydrogen-bond acceptors (Lipinski definition) is 4. The van der Waals surface area contributed by atoms with Gasteiger partial charge in [0.2, 0.25) is 11.8 Å². The van der Waals surface area contributed by atoms with Gasteiger partial charge >= 0.3 is 5.69 Å². The molecule has 0 aliphatic rings. The molecule has 0 fully saturated rings. The van der Waals surface area contributed by atoms with E-state index < -0.39 is 0 Å². The second-order valence-electron chi connectivity index (χ2n) is 8.21. The number of nitrogens with zero attached hydrogens (tertiary/aromatic N) is 3. The van der Waals surface area contributed by atoms with Crippen LogP contribution in [0.2, 0.25) is 0 Å². The molecule has 0 atom stereocenters. The highest BCUT2D eigenvalue weighted by atomic mass is 16.2. The van der Waals surface area contributed by atoms with E-state index in [2.05, 4.69) is 15.7 Å². The van der Waals surface area contributed by atoms with Crippen molar-refractivity contribution in [3.05, 3.63) is 113 Å². The molecular weight excluding hydrogens is 442 g/mol. The van der Waals surface area contributed by atoms with Crippen molar-refractivity contribution in [3.63, 3.8) is 0 Å². The van der Waals surface area contributed by atoms with Crippen LogP contribution in [0.4, 0.5) is 5.69 Å². The first-order valence-electron chi connectivity index (χ1n) is 11.2. The summed E-state index contributed by atoms with van der Waals surface area (Å²) < 4.78 is 2.86. The molecule has 2 aromatic heterocycles. The van der Waals surface area contributed by atoms with Gasteiger partial charge in [-0.3, -0.25) is 14.0 Å². The minimum Gasteiger partial charge on any atom is -0.347 e. The summed E-state index contributed by atoms with van der Waals surface area (Å²) in [6.07, 6.45) is 1.87. The second kappa shape index (κ2) is 9.64. The molecule has 0 radical (unpaired) electrons. The summed E-state index contributed by atoms with van der Waals surface area (Å²) >= 11 is 0. The lowest BCUT2D eigenvalue weighted by Gasteiger charge is -2.10. The first-order chi connectivity index (χ1) is 17.1. The number of benzene rings is 3. The Morgan fingerprint density at radius 2 is 1.66 bits per heavy atom. The third kappa shape index (κ3) is 4.96. The van der Waals surface area contributed by atoms with Gasteiger partial charge in [0.1, 0.15) is 0 Å². The zero-order chi connectivity index (χ0) is 24.2. The minimum atomic E-state index is -0.335. The van der Waals surface area contributed by atoms with Gasteiger partial charge in [0, 0.05) is 11.9 Å². The Labute approximate surface area is 200 Å². The first-order valence-corrected chi connectivity index (χ1v) is 11.2. The van der Waals surface area contributed by atoms with Crippen molar-refractivity contribution in [2.24, 2.45) is 0 Å².